The smallest absolute Gasteiger partial charge is 0.334 e. The SMILES string of the molecule is COC(=O)C1(NCc2cccs2)COc2cc(O)ccc21. The van der Waals surface area contributed by atoms with Gasteiger partial charge in [-0.2, -0.15) is 0 Å². The van der Waals surface area contributed by atoms with E-state index in [0.717, 1.165) is 4.88 Å². The minimum atomic E-state index is -1.04. The molecule has 5 nitrogen and oxygen atoms in total. The monoisotopic (exact) mass is 305 g/mol. The molecule has 2 N–H and O–H groups in total. The number of ether oxygens (including phenoxy) is 2. The van der Waals surface area contributed by atoms with Crippen molar-refractivity contribution in [1.29, 1.82) is 0 Å². The van der Waals surface area contributed by atoms with Gasteiger partial charge >= 0.3 is 5.97 Å². The number of methoxy groups -OCH3 is 1. The molecular weight excluding hydrogens is 290 g/mol. The summed E-state index contributed by atoms with van der Waals surface area (Å²) in [6, 6.07) is 8.70. The number of thiophene rings is 1. The Bertz CT molecular complexity index is 656. The number of fused-ring (bicyclic) bond motifs is 1. The minimum Gasteiger partial charge on any atom is -0.508 e. The maximum atomic E-state index is 12.3. The summed E-state index contributed by atoms with van der Waals surface area (Å²) in [5, 5.41) is 14.8. The third kappa shape index (κ3) is 2.36. The van der Waals surface area contributed by atoms with E-state index in [0.29, 0.717) is 17.9 Å². The fourth-order valence-electron chi connectivity index (χ4n) is 2.46. The van der Waals surface area contributed by atoms with Gasteiger partial charge in [-0.25, -0.2) is 4.79 Å². The van der Waals surface area contributed by atoms with Gasteiger partial charge in [-0.15, -0.1) is 11.3 Å². The second-order valence-corrected chi connectivity index (χ2v) is 5.83. The largest absolute Gasteiger partial charge is 0.508 e. The van der Waals surface area contributed by atoms with Crippen LogP contribution in [0.4, 0.5) is 0 Å². The Morgan fingerprint density at radius 2 is 2.38 bits per heavy atom. The molecule has 1 aliphatic rings. The van der Waals surface area contributed by atoms with Gasteiger partial charge in [-0.05, 0) is 23.6 Å². The molecule has 0 saturated carbocycles. The highest BCUT2D eigenvalue weighted by atomic mass is 32.1. The summed E-state index contributed by atoms with van der Waals surface area (Å²) in [6.45, 7) is 0.681. The van der Waals surface area contributed by atoms with Crippen LogP contribution in [0.15, 0.2) is 35.7 Å². The maximum Gasteiger partial charge on any atom is 0.334 e. The fraction of sp³-hybridized carbons (Fsp3) is 0.267. The summed E-state index contributed by atoms with van der Waals surface area (Å²) in [7, 11) is 1.36. The van der Waals surface area contributed by atoms with Crippen molar-refractivity contribution in [1.82, 2.24) is 5.32 Å². The third-order valence-electron chi connectivity index (χ3n) is 3.55. The number of aromatic hydroxyl groups is 1. The molecule has 1 unspecified atom stereocenters. The van der Waals surface area contributed by atoms with Crippen LogP contribution in [0, 0.1) is 0 Å². The number of carbonyl (C=O) groups excluding carboxylic acids is 1. The van der Waals surface area contributed by atoms with Crippen molar-refractivity contribution >= 4 is 17.3 Å². The normalized spacial score (nSPS) is 19.9. The van der Waals surface area contributed by atoms with Crippen molar-refractivity contribution in [2.24, 2.45) is 0 Å². The molecule has 6 heteroatoms. The number of benzene rings is 1. The molecule has 1 aromatic heterocycles. The van der Waals surface area contributed by atoms with Gasteiger partial charge in [0.2, 0.25) is 0 Å². The average molecular weight is 305 g/mol. The molecule has 0 spiro atoms. The summed E-state index contributed by atoms with van der Waals surface area (Å²) in [5.74, 6) is 0.204. The number of phenols is 1. The lowest BCUT2D eigenvalue weighted by atomic mass is 9.91. The van der Waals surface area contributed by atoms with Crippen molar-refractivity contribution < 1.29 is 19.4 Å². The molecule has 0 fully saturated rings. The lowest BCUT2D eigenvalue weighted by molar-refractivity contribution is -0.149. The first kappa shape index (κ1) is 13.9. The van der Waals surface area contributed by atoms with Crippen LogP contribution in [0.5, 0.6) is 11.5 Å². The predicted molar refractivity (Wildman–Crippen MR) is 78.5 cm³/mol. The van der Waals surface area contributed by atoms with Gasteiger partial charge in [0.05, 0.1) is 7.11 Å². The van der Waals surface area contributed by atoms with E-state index in [4.69, 9.17) is 9.47 Å². The van der Waals surface area contributed by atoms with E-state index in [9.17, 15) is 9.90 Å². The van der Waals surface area contributed by atoms with Crippen LogP contribution < -0.4 is 10.1 Å². The van der Waals surface area contributed by atoms with E-state index in [1.54, 1.807) is 17.4 Å². The van der Waals surface area contributed by atoms with E-state index in [-0.39, 0.29) is 12.4 Å². The number of hydrogen-bond donors (Lipinski definition) is 2. The molecular formula is C15H15NO4S. The van der Waals surface area contributed by atoms with Gasteiger partial charge < -0.3 is 14.6 Å². The fourth-order valence-corrected chi connectivity index (χ4v) is 3.10. The van der Waals surface area contributed by atoms with E-state index in [1.165, 1.54) is 19.2 Å². The van der Waals surface area contributed by atoms with Crippen LogP contribution in [0.2, 0.25) is 0 Å². The highest BCUT2D eigenvalue weighted by molar-refractivity contribution is 7.09. The van der Waals surface area contributed by atoms with Gasteiger partial charge in [-0.1, -0.05) is 6.07 Å². The van der Waals surface area contributed by atoms with E-state index in [2.05, 4.69) is 5.32 Å². The zero-order valence-corrected chi connectivity index (χ0v) is 12.3. The van der Waals surface area contributed by atoms with Crippen LogP contribution in [0.25, 0.3) is 0 Å². The van der Waals surface area contributed by atoms with Crippen molar-refractivity contribution in [3.63, 3.8) is 0 Å². The predicted octanol–water partition coefficient (Wildman–Crippen LogP) is 2.00. The van der Waals surface area contributed by atoms with Crippen LogP contribution in [0.1, 0.15) is 10.4 Å². The first-order chi connectivity index (χ1) is 10.2. The van der Waals surface area contributed by atoms with E-state index < -0.39 is 11.5 Å². The van der Waals surface area contributed by atoms with Gasteiger partial charge in [0.25, 0.3) is 0 Å². The summed E-state index contributed by atoms with van der Waals surface area (Å²) in [4.78, 5) is 13.4. The number of esters is 1. The maximum absolute atomic E-state index is 12.3. The summed E-state index contributed by atoms with van der Waals surface area (Å²) >= 11 is 1.61. The quantitative estimate of drug-likeness (QED) is 0.846. The highest BCUT2D eigenvalue weighted by Gasteiger charge is 2.48. The molecule has 0 radical (unpaired) electrons. The third-order valence-corrected chi connectivity index (χ3v) is 4.42. The molecule has 1 aliphatic heterocycles. The molecule has 1 atom stereocenters. The number of phenolic OH excluding ortho intramolecular Hbond substituents is 1. The second-order valence-electron chi connectivity index (χ2n) is 4.80. The van der Waals surface area contributed by atoms with Gasteiger partial charge in [0.15, 0.2) is 5.54 Å². The molecule has 110 valence electrons. The Morgan fingerprint density at radius 3 is 3.10 bits per heavy atom. The van der Waals surface area contributed by atoms with Gasteiger partial charge in [0, 0.05) is 23.1 Å². The first-order valence-electron chi connectivity index (χ1n) is 6.48. The van der Waals surface area contributed by atoms with Gasteiger partial charge in [0.1, 0.15) is 18.1 Å². The van der Waals surface area contributed by atoms with Crippen LogP contribution in [0.3, 0.4) is 0 Å². The Hall–Kier alpha value is -2.05. The van der Waals surface area contributed by atoms with Crippen molar-refractivity contribution in [2.75, 3.05) is 13.7 Å². The summed E-state index contributed by atoms with van der Waals surface area (Å²) in [5.41, 5.74) is -0.356. The van der Waals surface area contributed by atoms with Crippen molar-refractivity contribution in [3.8, 4) is 11.5 Å². The summed E-state index contributed by atoms with van der Waals surface area (Å²) in [6.07, 6.45) is 0. The second kappa shape index (κ2) is 5.38. The molecule has 1 aromatic carbocycles. The number of hydrogen-bond acceptors (Lipinski definition) is 6. The molecule has 2 aromatic rings. The lowest BCUT2D eigenvalue weighted by Crippen LogP contribution is -2.50. The molecule has 0 bridgehead atoms. The molecule has 0 saturated heterocycles. The molecule has 21 heavy (non-hydrogen) atoms. The Morgan fingerprint density at radius 1 is 1.52 bits per heavy atom. The topological polar surface area (TPSA) is 67.8 Å². The summed E-state index contributed by atoms with van der Waals surface area (Å²) < 4.78 is 10.5. The number of carbonyl (C=O) groups is 1. The lowest BCUT2D eigenvalue weighted by Gasteiger charge is -2.26. The molecule has 0 aliphatic carbocycles. The number of nitrogens with one attached hydrogen (secondary N) is 1. The van der Waals surface area contributed by atoms with E-state index in [1.807, 2.05) is 17.5 Å². The van der Waals surface area contributed by atoms with E-state index >= 15 is 0 Å². The minimum absolute atomic E-state index is 0.104. The van der Waals surface area contributed by atoms with Crippen LogP contribution in [-0.2, 0) is 21.6 Å². The highest BCUT2D eigenvalue weighted by Crippen LogP contribution is 2.40. The zero-order chi connectivity index (χ0) is 14.9. The average Bonchev–Trinajstić information content (AvgIpc) is 3.12. The molecule has 2 heterocycles. The zero-order valence-electron chi connectivity index (χ0n) is 11.5. The van der Waals surface area contributed by atoms with Crippen molar-refractivity contribution in [3.05, 3.63) is 46.2 Å². The first-order valence-corrected chi connectivity index (χ1v) is 7.36. The number of rotatable bonds is 4. The van der Waals surface area contributed by atoms with Crippen LogP contribution >= 0.6 is 11.3 Å². The van der Waals surface area contributed by atoms with Crippen LogP contribution in [-0.4, -0.2) is 24.8 Å². The molecule has 3 rings (SSSR count). The van der Waals surface area contributed by atoms with Gasteiger partial charge in [-0.3, -0.25) is 5.32 Å². The Labute approximate surface area is 126 Å². The molecule has 0 amide bonds. The van der Waals surface area contributed by atoms with Crippen molar-refractivity contribution in [2.45, 2.75) is 12.1 Å². The Kier molecular flexibility index (Phi) is 3.57. The Balaban J connectivity index is 1.94. The standard InChI is InChI=1S/C15H15NO4S/c1-19-14(18)15(16-8-11-3-2-6-21-11)9-20-13-7-10(17)4-5-12(13)15/h2-7,16-17H,8-9H2,1H3.